The van der Waals surface area contributed by atoms with Gasteiger partial charge in [0.15, 0.2) is 11.6 Å². The number of pyridine rings is 1. The molecule has 16 heavy (non-hydrogen) atoms. The van der Waals surface area contributed by atoms with E-state index >= 15 is 0 Å². The Labute approximate surface area is 94.5 Å². The van der Waals surface area contributed by atoms with Gasteiger partial charge in [0.05, 0.1) is 0 Å². The summed E-state index contributed by atoms with van der Waals surface area (Å²) in [6, 6.07) is 3.89. The maximum atomic E-state index is 4.49. The largest absolute Gasteiger partial charge is 0.319 e. The molecule has 0 saturated carbocycles. The summed E-state index contributed by atoms with van der Waals surface area (Å²) >= 11 is 0. The highest BCUT2D eigenvalue weighted by Gasteiger charge is 2.08. The number of aromatic nitrogens is 4. The maximum Gasteiger partial charge on any atom is 0.159 e. The van der Waals surface area contributed by atoms with Crippen molar-refractivity contribution in [2.45, 2.75) is 6.42 Å². The molecule has 0 aliphatic heterocycles. The molecule has 2 aromatic rings. The van der Waals surface area contributed by atoms with Crippen molar-refractivity contribution in [2.24, 2.45) is 7.05 Å². The minimum absolute atomic E-state index is 0.838. The lowest BCUT2D eigenvalue weighted by atomic mass is 10.3. The van der Waals surface area contributed by atoms with E-state index in [-0.39, 0.29) is 0 Å². The molecule has 0 radical (unpaired) electrons. The van der Waals surface area contributed by atoms with Crippen molar-refractivity contribution in [3.05, 3.63) is 30.4 Å². The summed E-state index contributed by atoms with van der Waals surface area (Å²) < 4.78 is 1.79. The standard InChI is InChI=1S/C11H15N5/c1-12-7-5-10-14-11(16(2)15-10)9-4-3-6-13-8-9/h3-4,6,8,12H,5,7H2,1-2H3. The molecule has 0 aliphatic carbocycles. The van der Waals surface area contributed by atoms with Crippen LogP contribution >= 0.6 is 0 Å². The first-order valence-electron chi connectivity index (χ1n) is 5.26. The van der Waals surface area contributed by atoms with Gasteiger partial charge in [-0.15, -0.1) is 0 Å². The predicted octanol–water partition coefficient (Wildman–Crippen LogP) is 0.639. The van der Waals surface area contributed by atoms with Crippen molar-refractivity contribution >= 4 is 0 Å². The SMILES string of the molecule is CNCCc1nc(-c2cccnc2)n(C)n1. The quantitative estimate of drug-likeness (QED) is 0.816. The summed E-state index contributed by atoms with van der Waals surface area (Å²) in [6.07, 6.45) is 4.39. The van der Waals surface area contributed by atoms with Crippen LogP contribution in [0, 0.1) is 0 Å². The van der Waals surface area contributed by atoms with Gasteiger partial charge in [-0.1, -0.05) is 0 Å². The Balaban J connectivity index is 2.25. The third-order valence-electron chi connectivity index (χ3n) is 2.33. The fourth-order valence-electron chi connectivity index (χ4n) is 1.53. The second-order valence-corrected chi connectivity index (χ2v) is 3.57. The van der Waals surface area contributed by atoms with Gasteiger partial charge >= 0.3 is 0 Å². The van der Waals surface area contributed by atoms with Gasteiger partial charge in [-0.05, 0) is 19.2 Å². The van der Waals surface area contributed by atoms with E-state index in [1.165, 1.54) is 0 Å². The van der Waals surface area contributed by atoms with Crippen LogP contribution in [0.1, 0.15) is 5.82 Å². The van der Waals surface area contributed by atoms with E-state index in [9.17, 15) is 0 Å². The average molecular weight is 217 g/mol. The number of hydrogen-bond donors (Lipinski definition) is 1. The van der Waals surface area contributed by atoms with Gasteiger partial charge in [-0.2, -0.15) is 5.10 Å². The van der Waals surface area contributed by atoms with Gasteiger partial charge in [0.1, 0.15) is 0 Å². The number of likely N-dealkylation sites (N-methyl/N-ethyl adjacent to an activating group) is 1. The molecule has 1 N–H and O–H groups in total. The van der Waals surface area contributed by atoms with Crippen LogP contribution in [0.3, 0.4) is 0 Å². The molecule has 0 unspecified atom stereocenters. The zero-order chi connectivity index (χ0) is 11.4. The lowest BCUT2D eigenvalue weighted by molar-refractivity contribution is 0.717. The van der Waals surface area contributed by atoms with E-state index in [0.717, 1.165) is 30.2 Å². The molecule has 2 rings (SSSR count). The average Bonchev–Trinajstić information content (AvgIpc) is 2.69. The van der Waals surface area contributed by atoms with Gasteiger partial charge in [-0.25, -0.2) is 9.67 Å². The highest BCUT2D eigenvalue weighted by atomic mass is 15.3. The minimum atomic E-state index is 0.838. The second kappa shape index (κ2) is 4.85. The van der Waals surface area contributed by atoms with E-state index < -0.39 is 0 Å². The zero-order valence-corrected chi connectivity index (χ0v) is 9.51. The van der Waals surface area contributed by atoms with E-state index in [0.29, 0.717) is 0 Å². The monoisotopic (exact) mass is 217 g/mol. The van der Waals surface area contributed by atoms with Gasteiger partial charge in [0.25, 0.3) is 0 Å². The Bertz CT molecular complexity index is 449. The van der Waals surface area contributed by atoms with Crippen molar-refractivity contribution in [1.29, 1.82) is 0 Å². The lowest BCUT2D eigenvalue weighted by Crippen LogP contribution is -2.11. The van der Waals surface area contributed by atoms with Crippen LogP contribution in [-0.2, 0) is 13.5 Å². The van der Waals surface area contributed by atoms with E-state index in [2.05, 4.69) is 20.4 Å². The van der Waals surface area contributed by atoms with Crippen molar-refractivity contribution in [1.82, 2.24) is 25.1 Å². The molecule has 0 spiro atoms. The van der Waals surface area contributed by atoms with Crippen LogP contribution in [0.4, 0.5) is 0 Å². The topological polar surface area (TPSA) is 55.6 Å². The molecule has 2 aromatic heterocycles. The number of hydrogen-bond acceptors (Lipinski definition) is 4. The van der Waals surface area contributed by atoms with Gasteiger partial charge in [0, 0.05) is 38.0 Å². The first kappa shape index (κ1) is 10.8. The minimum Gasteiger partial charge on any atom is -0.319 e. The molecule has 0 amide bonds. The number of nitrogens with zero attached hydrogens (tertiary/aromatic N) is 4. The molecule has 0 aliphatic rings. The summed E-state index contributed by atoms with van der Waals surface area (Å²) in [7, 11) is 3.82. The summed E-state index contributed by atoms with van der Waals surface area (Å²) in [4.78, 5) is 8.57. The summed E-state index contributed by atoms with van der Waals surface area (Å²) in [5.74, 6) is 1.72. The predicted molar refractivity (Wildman–Crippen MR) is 61.9 cm³/mol. The molecule has 5 nitrogen and oxygen atoms in total. The maximum absolute atomic E-state index is 4.49. The Hall–Kier alpha value is -1.75. The van der Waals surface area contributed by atoms with Crippen LogP contribution in [-0.4, -0.2) is 33.3 Å². The highest BCUT2D eigenvalue weighted by molar-refractivity contribution is 5.53. The van der Waals surface area contributed by atoms with Crippen LogP contribution < -0.4 is 5.32 Å². The Morgan fingerprint density at radius 2 is 2.31 bits per heavy atom. The summed E-state index contributed by atoms with van der Waals surface area (Å²) in [5.41, 5.74) is 0.994. The van der Waals surface area contributed by atoms with Gasteiger partial charge in [0.2, 0.25) is 0 Å². The van der Waals surface area contributed by atoms with Crippen molar-refractivity contribution in [3.63, 3.8) is 0 Å². The second-order valence-electron chi connectivity index (χ2n) is 3.57. The smallest absolute Gasteiger partial charge is 0.159 e. The molecule has 0 saturated heterocycles. The van der Waals surface area contributed by atoms with Gasteiger partial charge in [-0.3, -0.25) is 4.98 Å². The van der Waals surface area contributed by atoms with E-state index in [1.54, 1.807) is 17.1 Å². The molecule has 84 valence electrons. The molecule has 0 aromatic carbocycles. The molecular formula is C11H15N5. The zero-order valence-electron chi connectivity index (χ0n) is 9.51. The molecule has 0 atom stereocenters. The van der Waals surface area contributed by atoms with Gasteiger partial charge < -0.3 is 5.32 Å². The summed E-state index contributed by atoms with van der Waals surface area (Å²) in [5, 5.41) is 7.45. The Morgan fingerprint density at radius 1 is 1.44 bits per heavy atom. The highest BCUT2D eigenvalue weighted by Crippen LogP contribution is 2.14. The van der Waals surface area contributed by atoms with Crippen LogP contribution in [0.5, 0.6) is 0 Å². The van der Waals surface area contributed by atoms with Crippen LogP contribution in [0.15, 0.2) is 24.5 Å². The third kappa shape index (κ3) is 2.25. The van der Waals surface area contributed by atoms with E-state index in [4.69, 9.17) is 0 Å². The Morgan fingerprint density at radius 3 is 3.00 bits per heavy atom. The lowest BCUT2D eigenvalue weighted by Gasteiger charge is -1.97. The van der Waals surface area contributed by atoms with E-state index in [1.807, 2.05) is 26.2 Å². The van der Waals surface area contributed by atoms with Crippen LogP contribution in [0.25, 0.3) is 11.4 Å². The number of rotatable bonds is 4. The summed E-state index contributed by atoms with van der Waals surface area (Å²) in [6.45, 7) is 0.885. The fourth-order valence-corrected chi connectivity index (χ4v) is 1.53. The molecule has 5 heteroatoms. The molecule has 0 bridgehead atoms. The van der Waals surface area contributed by atoms with Crippen molar-refractivity contribution in [3.8, 4) is 11.4 Å². The van der Waals surface area contributed by atoms with Crippen LogP contribution in [0.2, 0.25) is 0 Å². The fraction of sp³-hybridized carbons (Fsp3) is 0.364. The number of nitrogens with one attached hydrogen (secondary N) is 1. The normalized spacial score (nSPS) is 10.6. The van der Waals surface area contributed by atoms with Crippen molar-refractivity contribution in [2.75, 3.05) is 13.6 Å². The first-order chi connectivity index (χ1) is 7.81. The molecule has 2 heterocycles. The Kier molecular flexibility index (Phi) is 3.26. The van der Waals surface area contributed by atoms with Crippen molar-refractivity contribution < 1.29 is 0 Å². The first-order valence-corrected chi connectivity index (χ1v) is 5.26. The molecular weight excluding hydrogens is 202 g/mol. The third-order valence-corrected chi connectivity index (χ3v) is 2.33. The number of aryl methyl sites for hydroxylation is 1. The molecule has 0 fully saturated rings.